The van der Waals surface area contributed by atoms with Gasteiger partial charge in [-0.2, -0.15) is 0 Å². The summed E-state index contributed by atoms with van der Waals surface area (Å²) < 4.78 is 0. The van der Waals surface area contributed by atoms with Gasteiger partial charge in [0.1, 0.15) is 5.82 Å². The number of hydrogen-bond donors (Lipinski definition) is 2. The number of benzene rings is 2. The van der Waals surface area contributed by atoms with Crippen LogP contribution in [0.4, 0.5) is 22.9 Å². The molecule has 0 saturated carbocycles. The smallest absolute Gasteiger partial charge is 0.252 e. The second kappa shape index (κ2) is 11.0. The monoisotopic (exact) mass is 471 g/mol. The van der Waals surface area contributed by atoms with Crippen LogP contribution in [-0.4, -0.2) is 41.3 Å². The standard InChI is InChI=1S/C28H33N5O2/c1-3-27(34)32-16-14-21(15-17-32)20-10-12-22(13-11-20)31-26-18-25(24(19-30-26)28(29)35)33(4-2)23-8-6-5-7-9-23/h5-13,18-19,21H,3-4,14-17H2,1-2H3,(H2,29,35)(H,30,31). The van der Waals surface area contributed by atoms with E-state index in [4.69, 9.17) is 5.73 Å². The number of anilines is 4. The van der Waals surface area contributed by atoms with Crippen LogP contribution in [-0.2, 0) is 4.79 Å². The van der Waals surface area contributed by atoms with Gasteiger partial charge in [0.05, 0.1) is 11.3 Å². The van der Waals surface area contributed by atoms with Gasteiger partial charge in [-0.3, -0.25) is 9.59 Å². The van der Waals surface area contributed by atoms with Crippen molar-refractivity contribution in [2.75, 3.05) is 29.9 Å². The quantitative estimate of drug-likeness (QED) is 0.471. The molecule has 2 heterocycles. The molecule has 1 aromatic heterocycles. The molecule has 1 saturated heterocycles. The molecule has 7 nitrogen and oxygen atoms in total. The van der Waals surface area contributed by atoms with Crippen LogP contribution in [0.5, 0.6) is 0 Å². The molecule has 7 heteroatoms. The van der Waals surface area contributed by atoms with Crippen molar-refractivity contribution in [1.82, 2.24) is 9.88 Å². The Hall–Kier alpha value is -3.87. The zero-order valence-corrected chi connectivity index (χ0v) is 20.4. The van der Waals surface area contributed by atoms with Crippen LogP contribution in [0.15, 0.2) is 66.9 Å². The number of para-hydroxylation sites is 1. The number of aromatic nitrogens is 1. The minimum atomic E-state index is -0.510. The maximum absolute atomic E-state index is 12.1. The van der Waals surface area contributed by atoms with Crippen molar-refractivity contribution < 1.29 is 9.59 Å². The van der Waals surface area contributed by atoms with Crippen molar-refractivity contribution in [3.8, 4) is 0 Å². The molecular formula is C28H33N5O2. The number of piperidine rings is 1. The van der Waals surface area contributed by atoms with Gasteiger partial charge >= 0.3 is 0 Å². The molecule has 182 valence electrons. The van der Waals surface area contributed by atoms with E-state index in [1.54, 1.807) is 0 Å². The van der Waals surface area contributed by atoms with E-state index in [9.17, 15) is 9.59 Å². The Bertz CT molecular complexity index is 1160. The van der Waals surface area contributed by atoms with Gasteiger partial charge in [0, 0.05) is 49.7 Å². The van der Waals surface area contributed by atoms with Crippen molar-refractivity contribution in [3.05, 3.63) is 78.0 Å². The minimum Gasteiger partial charge on any atom is -0.365 e. The average Bonchev–Trinajstić information content (AvgIpc) is 2.90. The zero-order chi connectivity index (χ0) is 24.8. The molecule has 3 N–H and O–H groups in total. The van der Waals surface area contributed by atoms with Crippen LogP contribution in [0.1, 0.15) is 54.9 Å². The van der Waals surface area contributed by atoms with E-state index < -0.39 is 5.91 Å². The van der Waals surface area contributed by atoms with Crippen LogP contribution in [0.3, 0.4) is 0 Å². The lowest BCUT2D eigenvalue weighted by Crippen LogP contribution is -2.37. The highest BCUT2D eigenvalue weighted by molar-refractivity contribution is 5.99. The van der Waals surface area contributed by atoms with Gasteiger partial charge in [0.15, 0.2) is 0 Å². The van der Waals surface area contributed by atoms with Crippen molar-refractivity contribution in [3.63, 3.8) is 0 Å². The van der Waals surface area contributed by atoms with E-state index in [0.717, 1.165) is 37.3 Å². The Balaban J connectivity index is 1.50. The fourth-order valence-corrected chi connectivity index (χ4v) is 4.70. The third-order valence-corrected chi connectivity index (χ3v) is 6.63. The van der Waals surface area contributed by atoms with Gasteiger partial charge in [-0.1, -0.05) is 37.3 Å². The first-order valence-corrected chi connectivity index (χ1v) is 12.3. The van der Waals surface area contributed by atoms with Gasteiger partial charge in [0.25, 0.3) is 5.91 Å². The molecule has 1 aliphatic heterocycles. The fraction of sp³-hybridized carbons (Fsp3) is 0.321. The summed E-state index contributed by atoms with van der Waals surface area (Å²) in [6.45, 7) is 6.27. The molecule has 0 radical (unpaired) electrons. The Kier molecular flexibility index (Phi) is 7.65. The Morgan fingerprint density at radius 1 is 1.06 bits per heavy atom. The summed E-state index contributed by atoms with van der Waals surface area (Å²) in [6.07, 6.45) is 4.09. The number of pyridine rings is 1. The molecule has 3 aromatic rings. The summed E-state index contributed by atoms with van der Waals surface area (Å²) in [4.78, 5) is 32.5. The van der Waals surface area contributed by atoms with Crippen molar-refractivity contribution in [1.29, 1.82) is 0 Å². The first-order chi connectivity index (χ1) is 17.0. The number of nitrogens with two attached hydrogens (primary N) is 1. The second-order valence-electron chi connectivity index (χ2n) is 8.79. The predicted molar refractivity (Wildman–Crippen MR) is 140 cm³/mol. The normalized spacial score (nSPS) is 13.9. The van der Waals surface area contributed by atoms with E-state index in [0.29, 0.717) is 36.0 Å². The molecule has 2 aromatic carbocycles. The number of carbonyl (C=O) groups is 2. The van der Waals surface area contributed by atoms with Crippen LogP contribution >= 0.6 is 0 Å². The molecule has 4 rings (SSSR count). The summed E-state index contributed by atoms with van der Waals surface area (Å²) in [5.74, 6) is 0.836. The van der Waals surface area contributed by atoms with Gasteiger partial charge in [0.2, 0.25) is 5.91 Å². The maximum atomic E-state index is 12.1. The van der Waals surface area contributed by atoms with Gasteiger partial charge < -0.3 is 20.9 Å². The third kappa shape index (κ3) is 5.62. The van der Waals surface area contributed by atoms with Crippen molar-refractivity contribution >= 4 is 34.7 Å². The number of nitrogens with zero attached hydrogens (tertiary/aromatic N) is 3. The number of nitrogens with one attached hydrogen (secondary N) is 1. The molecular weight excluding hydrogens is 438 g/mol. The maximum Gasteiger partial charge on any atom is 0.252 e. The van der Waals surface area contributed by atoms with E-state index in [2.05, 4.69) is 34.6 Å². The highest BCUT2D eigenvalue weighted by Gasteiger charge is 2.23. The summed E-state index contributed by atoms with van der Waals surface area (Å²) >= 11 is 0. The highest BCUT2D eigenvalue weighted by atomic mass is 16.2. The summed E-state index contributed by atoms with van der Waals surface area (Å²) in [5, 5.41) is 3.36. The molecule has 35 heavy (non-hydrogen) atoms. The summed E-state index contributed by atoms with van der Waals surface area (Å²) in [6, 6.07) is 20.2. The second-order valence-corrected chi connectivity index (χ2v) is 8.79. The van der Waals surface area contributed by atoms with Crippen LogP contribution < -0.4 is 16.0 Å². The van der Waals surface area contributed by atoms with Crippen LogP contribution in [0.2, 0.25) is 0 Å². The number of likely N-dealkylation sites (tertiary alicyclic amines) is 1. The number of rotatable bonds is 8. The summed E-state index contributed by atoms with van der Waals surface area (Å²) in [7, 11) is 0. The number of hydrogen-bond acceptors (Lipinski definition) is 5. The molecule has 0 atom stereocenters. The minimum absolute atomic E-state index is 0.242. The lowest BCUT2D eigenvalue weighted by molar-refractivity contribution is -0.131. The Morgan fingerprint density at radius 2 is 1.74 bits per heavy atom. The predicted octanol–water partition coefficient (Wildman–Crippen LogP) is 5.20. The lowest BCUT2D eigenvalue weighted by atomic mass is 9.89. The lowest BCUT2D eigenvalue weighted by Gasteiger charge is -2.32. The topological polar surface area (TPSA) is 91.6 Å². The molecule has 0 unspecified atom stereocenters. The number of amides is 2. The fourth-order valence-electron chi connectivity index (χ4n) is 4.70. The van der Waals surface area contributed by atoms with Gasteiger partial charge in [-0.25, -0.2) is 4.98 Å². The van der Waals surface area contributed by atoms with Crippen molar-refractivity contribution in [2.24, 2.45) is 5.73 Å². The number of carbonyl (C=O) groups excluding carboxylic acids is 2. The summed E-state index contributed by atoms with van der Waals surface area (Å²) in [5.41, 5.74) is 9.94. The molecule has 0 aliphatic carbocycles. The molecule has 1 fully saturated rings. The Labute approximate surface area is 207 Å². The van der Waals surface area contributed by atoms with Gasteiger partial charge in [-0.15, -0.1) is 0 Å². The highest BCUT2D eigenvalue weighted by Crippen LogP contribution is 2.32. The third-order valence-electron chi connectivity index (χ3n) is 6.63. The largest absolute Gasteiger partial charge is 0.365 e. The first kappa shape index (κ1) is 24.3. The Morgan fingerprint density at radius 3 is 2.34 bits per heavy atom. The molecule has 0 bridgehead atoms. The van der Waals surface area contributed by atoms with E-state index in [1.807, 2.05) is 60.0 Å². The van der Waals surface area contributed by atoms with Gasteiger partial charge in [-0.05, 0) is 55.5 Å². The van der Waals surface area contributed by atoms with Crippen LogP contribution in [0, 0.1) is 0 Å². The van der Waals surface area contributed by atoms with Crippen LogP contribution in [0.25, 0.3) is 0 Å². The van der Waals surface area contributed by atoms with E-state index in [1.165, 1.54) is 11.8 Å². The molecule has 2 amide bonds. The van der Waals surface area contributed by atoms with E-state index >= 15 is 0 Å². The van der Waals surface area contributed by atoms with E-state index in [-0.39, 0.29) is 5.91 Å². The van der Waals surface area contributed by atoms with Crippen molar-refractivity contribution in [2.45, 2.75) is 39.0 Å². The average molecular weight is 472 g/mol. The SMILES string of the molecule is CCC(=O)N1CCC(c2ccc(Nc3cc(N(CC)c4ccccc4)c(C(N)=O)cn3)cc2)CC1. The molecule has 1 aliphatic rings. The number of primary amides is 1. The molecule has 0 spiro atoms. The zero-order valence-electron chi connectivity index (χ0n) is 20.4. The first-order valence-electron chi connectivity index (χ1n) is 12.3.